The minimum Gasteiger partial charge on any atom is -0.479 e. The molecule has 0 fully saturated rings. The molecule has 0 heterocycles. The molecule has 1 amide bonds. The first-order valence-electron chi connectivity index (χ1n) is 6.14. The van der Waals surface area contributed by atoms with Gasteiger partial charge in [0, 0.05) is 6.54 Å². The molecule has 4 nitrogen and oxygen atoms in total. The van der Waals surface area contributed by atoms with Crippen molar-refractivity contribution in [1.29, 1.82) is 0 Å². The Balaban J connectivity index is 1.84. The van der Waals surface area contributed by atoms with Crippen molar-refractivity contribution >= 4 is 11.6 Å². The molecule has 3 N–H and O–H groups in total. The van der Waals surface area contributed by atoms with Crippen LogP contribution >= 0.6 is 0 Å². The van der Waals surface area contributed by atoms with Gasteiger partial charge in [0.1, 0.15) is 0 Å². The Morgan fingerprint density at radius 1 is 1.15 bits per heavy atom. The first-order chi connectivity index (χ1) is 9.66. The largest absolute Gasteiger partial charge is 0.479 e. The van der Waals surface area contributed by atoms with Crippen molar-refractivity contribution in [1.82, 2.24) is 5.32 Å². The van der Waals surface area contributed by atoms with Gasteiger partial charge >= 0.3 is 0 Å². The molecule has 0 atom stereocenters. The van der Waals surface area contributed by atoms with Gasteiger partial charge < -0.3 is 15.8 Å². The highest BCUT2D eigenvalue weighted by Crippen LogP contribution is 2.24. The maximum absolute atomic E-state index is 13.4. The van der Waals surface area contributed by atoms with Crippen molar-refractivity contribution in [2.75, 3.05) is 12.3 Å². The van der Waals surface area contributed by atoms with Crippen molar-refractivity contribution < 1.29 is 13.9 Å². The molecule has 0 radical (unpaired) electrons. The highest BCUT2D eigenvalue weighted by Gasteiger charge is 2.09. The van der Waals surface area contributed by atoms with Gasteiger partial charge in [-0.2, -0.15) is 0 Å². The van der Waals surface area contributed by atoms with Gasteiger partial charge in [0.2, 0.25) is 0 Å². The summed E-state index contributed by atoms with van der Waals surface area (Å²) in [6.45, 7) is 0.119. The van der Waals surface area contributed by atoms with Crippen molar-refractivity contribution in [3.63, 3.8) is 0 Å². The maximum atomic E-state index is 13.4. The number of rotatable bonds is 5. The molecule has 2 rings (SSSR count). The van der Waals surface area contributed by atoms with Crippen molar-refractivity contribution in [3.05, 3.63) is 59.9 Å². The number of halogens is 1. The molecular formula is C15H15FN2O2. The molecule has 2 aromatic rings. The molecule has 5 heteroatoms. The lowest BCUT2D eigenvalue weighted by Gasteiger charge is -2.10. The van der Waals surface area contributed by atoms with E-state index in [1.165, 1.54) is 18.2 Å². The van der Waals surface area contributed by atoms with E-state index in [0.717, 1.165) is 5.56 Å². The van der Waals surface area contributed by atoms with Crippen LogP contribution in [-0.4, -0.2) is 12.5 Å². The molecule has 0 aromatic heterocycles. The number of amides is 1. The van der Waals surface area contributed by atoms with Gasteiger partial charge in [0.15, 0.2) is 18.2 Å². The van der Waals surface area contributed by atoms with E-state index >= 15 is 0 Å². The predicted octanol–water partition coefficient (Wildman–Crippen LogP) is 2.10. The Bertz CT molecular complexity index is 567. The Morgan fingerprint density at radius 2 is 1.90 bits per heavy atom. The number of hydrogen-bond donors (Lipinski definition) is 2. The number of carbonyl (C=O) groups excluding carboxylic acids is 1. The number of para-hydroxylation sites is 1. The lowest BCUT2D eigenvalue weighted by atomic mass is 10.2. The topological polar surface area (TPSA) is 64.3 Å². The number of nitrogen functional groups attached to an aromatic ring is 1. The van der Waals surface area contributed by atoms with Crippen LogP contribution in [0.2, 0.25) is 0 Å². The number of ether oxygens (including phenoxy) is 1. The molecule has 0 unspecified atom stereocenters. The van der Waals surface area contributed by atoms with E-state index in [2.05, 4.69) is 5.32 Å². The van der Waals surface area contributed by atoms with E-state index in [-0.39, 0.29) is 24.0 Å². The first-order valence-corrected chi connectivity index (χ1v) is 6.14. The molecule has 0 saturated carbocycles. The quantitative estimate of drug-likeness (QED) is 0.821. The van der Waals surface area contributed by atoms with Crippen LogP contribution in [0.25, 0.3) is 0 Å². The zero-order chi connectivity index (χ0) is 14.4. The summed E-state index contributed by atoms with van der Waals surface area (Å²) in [5.74, 6) is -1.01. The summed E-state index contributed by atoms with van der Waals surface area (Å²) in [7, 11) is 0. The fraction of sp³-hybridized carbons (Fsp3) is 0.133. The molecule has 0 aliphatic heterocycles. The molecule has 0 spiro atoms. The fourth-order valence-corrected chi connectivity index (χ4v) is 1.66. The van der Waals surface area contributed by atoms with Crippen LogP contribution in [0.4, 0.5) is 10.1 Å². The van der Waals surface area contributed by atoms with E-state index in [9.17, 15) is 9.18 Å². The molecule has 104 valence electrons. The van der Waals surface area contributed by atoms with E-state index in [0.29, 0.717) is 6.54 Å². The normalized spacial score (nSPS) is 10.1. The second-order valence-electron chi connectivity index (χ2n) is 4.21. The number of nitrogens with one attached hydrogen (secondary N) is 1. The Labute approximate surface area is 116 Å². The monoisotopic (exact) mass is 274 g/mol. The zero-order valence-corrected chi connectivity index (χ0v) is 10.8. The number of carbonyl (C=O) groups is 1. The number of nitrogens with two attached hydrogens (primary N) is 1. The van der Waals surface area contributed by atoms with E-state index in [4.69, 9.17) is 10.5 Å². The molecule has 0 aliphatic rings. The molecular weight excluding hydrogens is 259 g/mol. The van der Waals surface area contributed by atoms with Crippen molar-refractivity contribution in [2.45, 2.75) is 6.54 Å². The van der Waals surface area contributed by atoms with Gasteiger partial charge in [-0.05, 0) is 17.7 Å². The minimum absolute atomic E-state index is 0.0950. The van der Waals surface area contributed by atoms with Crippen LogP contribution in [0, 0.1) is 5.82 Å². The average Bonchev–Trinajstić information content (AvgIpc) is 2.46. The third-order valence-electron chi connectivity index (χ3n) is 2.68. The van der Waals surface area contributed by atoms with Crippen molar-refractivity contribution in [3.8, 4) is 5.75 Å². The predicted molar refractivity (Wildman–Crippen MR) is 74.6 cm³/mol. The summed E-state index contributed by atoms with van der Waals surface area (Å²) < 4.78 is 18.5. The summed E-state index contributed by atoms with van der Waals surface area (Å²) in [5.41, 5.74) is 6.72. The molecule has 0 aliphatic carbocycles. The number of anilines is 1. The van der Waals surface area contributed by atoms with Gasteiger partial charge in [-0.15, -0.1) is 0 Å². The van der Waals surface area contributed by atoms with Gasteiger partial charge in [0.05, 0.1) is 5.69 Å². The van der Waals surface area contributed by atoms with E-state index in [1.54, 1.807) is 0 Å². The van der Waals surface area contributed by atoms with Crippen LogP contribution in [-0.2, 0) is 11.3 Å². The minimum atomic E-state index is -0.583. The van der Waals surface area contributed by atoms with Crippen LogP contribution in [0.15, 0.2) is 48.5 Å². The fourth-order valence-electron chi connectivity index (χ4n) is 1.66. The summed E-state index contributed by atoms with van der Waals surface area (Å²) in [5, 5.41) is 2.68. The van der Waals surface area contributed by atoms with Gasteiger partial charge in [-0.1, -0.05) is 36.4 Å². The second kappa shape index (κ2) is 6.56. The highest BCUT2D eigenvalue weighted by molar-refractivity contribution is 5.77. The van der Waals surface area contributed by atoms with Gasteiger partial charge in [-0.25, -0.2) is 4.39 Å². The molecule has 0 bridgehead atoms. The summed E-state index contributed by atoms with van der Waals surface area (Å²) in [4.78, 5) is 11.6. The zero-order valence-electron chi connectivity index (χ0n) is 10.8. The standard InChI is InChI=1S/C15H15FN2O2/c16-12-7-4-8-13(17)15(12)20-10-14(19)18-9-11-5-2-1-3-6-11/h1-8H,9-10,17H2,(H,18,19). The number of benzene rings is 2. The SMILES string of the molecule is Nc1cccc(F)c1OCC(=O)NCc1ccccc1. The van der Waals surface area contributed by atoms with E-state index in [1.807, 2.05) is 30.3 Å². The smallest absolute Gasteiger partial charge is 0.258 e. The Kier molecular flexibility index (Phi) is 4.55. The van der Waals surface area contributed by atoms with Crippen molar-refractivity contribution in [2.24, 2.45) is 0 Å². The summed E-state index contributed by atoms with van der Waals surface area (Å²) in [6, 6.07) is 13.7. The average molecular weight is 274 g/mol. The highest BCUT2D eigenvalue weighted by atomic mass is 19.1. The lowest BCUT2D eigenvalue weighted by molar-refractivity contribution is -0.123. The first kappa shape index (κ1) is 13.9. The summed E-state index contributed by atoms with van der Waals surface area (Å²) in [6.07, 6.45) is 0. The lowest BCUT2D eigenvalue weighted by Crippen LogP contribution is -2.28. The third-order valence-corrected chi connectivity index (χ3v) is 2.68. The van der Waals surface area contributed by atoms with E-state index < -0.39 is 5.82 Å². The number of hydrogen-bond acceptors (Lipinski definition) is 3. The second-order valence-corrected chi connectivity index (χ2v) is 4.21. The van der Waals surface area contributed by atoms with Gasteiger partial charge in [-0.3, -0.25) is 4.79 Å². The molecule has 20 heavy (non-hydrogen) atoms. The maximum Gasteiger partial charge on any atom is 0.258 e. The molecule has 0 saturated heterocycles. The Hall–Kier alpha value is -2.56. The van der Waals surface area contributed by atoms with Crippen LogP contribution in [0.5, 0.6) is 5.75 Å². The van der Waals surface area contributed by atoms with Crippen LogP contribution < -0.4 is 15.8 Å². The van der Waals surface area contributed by atoms with Gasteiger partial charge in [0.25, 0.3) is 5.91 Å². The Morgan fingerprint density at radius 3 is 2.60 bits per heavy atom. The third kappa shape index (κ3) is 3.71. The summed E-state index contributed by atoms with van der Waals surface area (Å²) >= 11 is 0. The molecule has 2 aromatic carbocycles. The van der Waals surface area contributed by atoms with Crippen LogP contribution in [0.1, 0.15) is 5.56 Å². The van der Waals surface area contributed by atoms with Crippen LogP contribution in [0.3, 0.4) is 0 Å².